The van der Waals surface area contributed by atoms with Crippen LogP contribution in [-0.2, 0) is 0 Å². The van der Waals surface area contributed by atoms with Crippen molar-refractivity contribution in [3.05, 3.63) is 45.7 Å². The lowest BCUT2D eigenvalue weighted by atomic mass is 10.3. The molecule has 2 rings (SSSR count). The first-order chi connectivity index (χ1) is 9.60. The molecule has 0 atom stereocenters. The molecule has 20 heavy (non-hydrogen) atoms. The fraction of sp³-hybridized carbons (Fsp3) is 0.154. The summed E-state index contributed by atoms with van der Waals surface area (Å²) < 4.78 is 6.13. The highest BCUT2D eigenvalue weighted by atomic mass is 79.9. The molecule has 0 aliphatic heterocycles. The van der Waals surface area contributed by atoms with Gasteiger partial charge in [-0.3, -0.25) is 0 Å². The Morgan fingerprint density at radius 2 is 2.10 bits per heavy atom. The predicted octanol–water partition coefficient (Wildman–Crippen LogP) is 4.22. The van der Waals surface area contributed by atoms with Gasteiger partial charge in [-0.1, -0.05) is 46.2 Å². The Bertz CT molecular complexity index is 622. The summed E-state index contributed by atoms with van der Waals surface area (Å²) in [6.45, 7) is 1.97. The number of aromatic nitrogens is 2. The zero-order valence-electron chi connectivity index (χ0n) is 10.5. The Labute approximate surface area is 134 Å². The van der Waals surface area contributed by atoms with Gasteiger partial charge in [0.05, 0.1) is 11.2 Å². The topological polar surface area (TPSA) is 52.1 Å². The van der Waals surface area contributed by atoms with Crippen molar-refractivity contribution in [1.29, 1.82) is 0 Å². The van der Waals surface area contributed by atoms with Gasteiger partial charge in [0.1, 0.15) is 5.75 Å². The molecule has 4 nitrogen and oxygen atoms in total. The molecule has 1 aromatic heterocycles. The van der Waals surface area contributed by atoms with Crippen molar-refractivity contribution in [1.82, 2.24) is 9.97 Å². The minimum Gasteiger partial charge on any atom is -0.422 e. The van der Waals surface area contributed by atoms with E-state index < -0.39 is 5.97 Å². The van der Waals surface area contributed by atoms with E-state index >= 15 is 0 Å². The van der Waals surface area contributed by atoms with E-state index in [-0.39, 0.29) is 10.7 Å². The van der Waals surface area contributed by atoms with Crippen LogP contribution in [0.5, 0.6) is 5.75 Å². The number of benzene rings is 1. The summed E-state index contributed by atoms with van der Waals surface area (Å²) in [5.41, 5.74) is 0.0699. The van der Waals surface area contributed by atoms with Gasteiger partial charge in [-0.2, -0.15) is 0 Å². The highest BCUT2D eigenvalue weighted by Gasteiger charge is 2.16. The van der Waals surface area contributed by atoms with Crippen molar-refractivity contribution >= 4 is 45.3 Å². The van der Waals surface area contributed by atoms with Gasteiger partial charge in [0.2, 0.25) is 0 Å². The Balaban J connectivity index is 2.19. The van der Waals surface area contributed by atoms with Gasteiger partial charge in [-0.05, 0) is 30.0 Å². The molecule has 104 valence electrons. The molecular formula is C13H10BrClN2O2S. The van der Waals surface area contributed by atoms with Gasteiger partial charge in [0, 0.05) is 4.47 Å². The molecule has 0 saturated carbocycles. The minimum absolute atomic E-state index is 0.0699. The second kappa shape index (κ2) is 7.06. The normalized spacial score (nSPS) is 10.3. The van der Waals surface area contributed by atoms with Crippen LogP contribution in [0, 0.1) is 0 Å². The fourth-order valence-electron chi connectivity index (χ4n) is 1.35. The van der Waals surface area contributed by atoms with E-state index in [0.29, 0.717) is 10.9 Å². The van der Waals surface area contributed by atoms with Crippen molar-refractivity contribution in [2.45, 2.75) is 12.1 Å². The Morgan fingerprint density at radius 1 is 1.40 bits per heavy atom. The first kappa shape index (κ1) is 15.3. The molecule has 2 aromatic rings. The standard InChI is InChI=1S/C13H10BrClN2O2S/c1-2-20-13-16-7-10(15)11(17-13)12(18)19-9-5-3-8(14)4-6-9/h3-7H,2H2,1H3. The van der Waals surface area contributed by atoms with Crippen LogP contribution in [0.15, 0.2) is 40.1 Å². The molecule has 0 radical (unpaired) electrons. The molecule has 1 aromatic carbocycles. The lowest BCUT2D eigenvalue weighted by molar-refractivity contribution is 0.0727. The van der Waals surface area contributed by atoms with Crippen LogP contribution in [0.1, 0.15) is 17.4 Å². The van der Waals surface area contributed by atoms with E-state index in [1.807, 2.05) is 6.92 Å². The predicted molar refractivity (Wildman–Crippen MR) is 82.5 cm³/mol. The first-order valence-corrected chi connectivity index (χ1v) is 7.89. The van der Waals surface area contributed by atoms with E-state index in [1.165, 1.54) is 18.0 Å². The molecule has 0 amide bonds. The monoisotopic (exact) mass is 372 g/mol. The van der Waals surface area contributed by atoms with E-state index in [1.54, 1.807) is 24.3 Å². The molecule has 0 spiro atoms. The summed E-state index contributed by atoms with van der Waals surface area (Å²) in [6, 6.07) is 6.92. The van der Waals surface area contributed by atoms with Crippen LogP contribution in [0.3, 0.4) is 0 Å². The second-order valence-electron chi connectivity index (χ2n) is 3.63. The molecule has 1 heterocycles. The van der Waals surface area contributed by atoms with Gasteiger partial charge in [0.15, 0.2) is 10.9 Å². The van der Waals surface area contributed by atoms with Crippen molar-refractivity contribution in [3.8, 4) is 5.75 Å². The smallest absolute Gasteiger partial charge is 0.364 e. The first-order valence-electron chi connectivity index (χ1n) is 5.73. The third-order valence-corrected chi connectivity index (χ3v) is 3.76. The lowest BCUT2D eigenvalue weighted by Crippen LogP contribution is -2.12. The molecule has 0 fully saturated rings. The zero-order chi connectivity index (χ0) is 14.5. The number of thioether (sulfide) groups is 1. The summed E-state index contributed by atoms with van der Waals surface area (Å²) in [5, 5.41) is 0.673. The van der Waals surface area contributed by atoms with Crippen LogP contribution in [0.2, 0.25) is 5.02 Å². The number of carbonyl (C=O) groups is 1. The maximum absolute atomic E-state index is 12.1. The summed E-state index contributed by atoms with van der Waals surface area (Å²) >= 11 is 10.7. The lowest BCUT2D eigenvalue weighted by Gasteiger charge is -2.06. The summed E-state index contributed by atoms with van der Waals surface area (Å²) in [4.78, 5) is 20.2. The highest BCUT2D eigenvalue weighted by Crippen LogP contribution is 2.21. The van der Waals surface area contributed by atoms with E-state index in [2.05, 4.69) is 25.9 Å². The number of carbonyl (C=O) groups excluding carboxylic acids is 1. The third kappa shape index (κ3) is 3.94. The molecule has 0 bridgehead atoms. The molecular weight excluding hydrogens is 364 g/mol. The Kier molecular flexibility index (Phi) is 5.39. The fourth-order valence-corrected chi connectivity index (χ4v) is 2.32. The molecule has 0 aliphatic carbocycles. The van der Waals surface area contributed by atoms with Crippen molar-refractivity contribution < 1.29 is 9.53 Å². The van der Waals surface area contributed by atoms with Crippen LogP contribution >= 0.6 is 39.3 Å². The summed E-state index contributed by atoms with van der Waals surface area (Å²) in [6.07, 6.45) is 1.41. The van der Waals surface area contributed by atoms with Crippen LogP contribution < -0.4 is 4.74 Å². The van der Waals surface area contributed by atoms with Crippen molar-refractivity contribution in [2.75, 3.05) is 5.75 Å². The highest BCUT2D eigenvalue weighted by molar-refractivity contribution is 9.10. The zero-order valence-corrected chi connectivity index (χ0v) is 13.6. The number of ether oxygens (including phenoxy) is 1. The average molecular weight is 374 g/mol. The average Bonchev–Trinajstić information content (AvgIpc) is 2.43. The number of nitrogens with zero attached hydrogens (tertiary/aromatic N) is 2. The summed E-state index contributed by atoms with van der Waals surface area (Å²) in [7, 11) is 0. The SMILES string of the molecule is CCSc1ncc(Cl)c(C(=O)Oc2ccc(Br)cc2)n1. The molecule has 0 aliphatic rings. The Hall–Kier alpha value is -1.11. The van der Waals surface area contributed by atoms with E-state index in [9.17, 15) is 4.79 Å². The van der Waals surface area contributed by atoms with Crippen LogP contribution in [0.4, 0.5) is 0 Å². The van der Waals surface area contributed by atoms with Crippen molar-refractivity contribution in [2.24, 2.45) is 0 Å². The van der Waals surface area contributed by atoms with E-state index in [4.69, 9.17) is 16.3 Å². The maximum Gasteiger partial charge on any atom is 0.364 e. The Morgan fingerprint density at radius 3 is 2.75 bits per heavy atom. The molecule has 7 heteroatoms. The van der Waals surface area contributed by atoms with Gasteiger partial charge < -0.3 is 4.74 Å². The third-order valence-electron chi connectivity index (χ3n) is 2.21. The van der Waals surface area contributed by atoms with Gasteiger partial charge in [-0.15, -0.1) is 0 Å². The number of halogens is 2. The van der Waals surface area contributed by atoms with Gasteiger partial charge in [-0.25, -0.2) is 14.8 Å². The number of hydrogen-bond donors (Lipinski definition) is 0. The molecule has 0 saturated heterocycles. The number of esters is 1. The minimum atomic E-state index is -0.599. The summed E-state index contributed by atoms with van der Waals surface area (Å²) in [5.74, 6) is 0.637. The van der Waals surface area contributed by atoms with Crippen LogP contribution in [0.25, 0.3) is 0 Å². The maximum atomic E-state index is 12.1. The molecule has 0 N–H and O–H groups in total. The van der Waals surface area contributed by atoms with Gasteiger partial charge in [0.25, 0.3) is 0 Å². The second-order valence-corrected chi connectivity index (χ2v) is 6.18. The van der Waals surface area contributed by atoms with E-state index in [0.717, 1.165) is 10.2 Å². The quantitative estimate of drug-likeness (QED) is 0.347. The largest absolute Gasteiger partial charge is 0.422 e. The van der Waals surface area contributed by atoms with Crippen LogP contribution in [-0.4, -0.2) is 21.7 Å². The number of hydrogen-bond acceptors (Lipinski definition) is 5. The van der Waals surface area contributed by atoms with Gasteiger partial charge >= 0.3 is 5.97 Å². The number of rotatable bonds is 4. The van der Waals surface area contributed by atoms with Crippen molar-refractivity contribution in [3.63, 3.8) is 0 Å². The molecule has 0 unspecified atom stereocenters.